The minimum atomic E-state index is -0.319. The number of nitrogens with two attached hydrogens (primary N) is 2. The third-order valence-corrected chi connectivity index (χ3v) is 3.31. The number of hydrazine groups is 1. The molecule has 1 aromatic heterocycles. The van der Waals surface area contributed by atoms with Gasteiger partial charge < -0.3 is 16.1 Å². The highest BCUT2D eigenvalue weighted by atomic mass is 16.1. The molecule has 0 atom stereocenters. The predicted octanol–water partition coefficient (Wildman–Crippen LogP) is 0.601. The second-order valence-electron chi connectivity index (χ2n) is 4.58. The van der Waals surface area contributed by atoms with E-state index >= 15 is 0 Å². The first kappa shape index (κ1) is 12.6. The highest BCUT2D eigenvalue weighted by molar-refractivity contribution is 5.80. The number of primary amides is 1. The Bertz CT molecular complexity index is 417. The lowest BCUT2D eigenvalue weighted by molar-refractivity contribution is -0.116. The Kier molecular flexibility index (Phi) is 3.99. The molecule has 1 aromatic rings. The molecule has 0 spiro atoms. The van der Waals surface area contributed by atoms with Crippen molar-refractivity contribution in [2.45, 2.75) is 31.7 Å². The molecule has 98 valence electrons. The lowest BCUT2D eigenvalue weighted by Crippen LogP contribution is -2.40. The second-order valence-corrected chi connectivity index (χ2v) is 4.58. The monoisotopic (exact) mass is 249 g/mol. The summed E-state index contributed by atoms with van der Waals surface area (Å²) >= 11 is 0. The Morgan fingerprint density at radius 2 is 2.22 bits per heavy atom. The number of carbonyl (C=O) groups is 1. The molecule has 1 heterocycles. The fourth-order valence-corrected chi connectivity index (χ4v) is 2.49. The van der Waals surface area contributed by atoms with Gasteiger partial charge >= 0.3 is 0 Å². The van der Waals surface area contributed by atoms with Crippen LogP contribution < -0.4 is 21.9 Å². The Balaban J connectivity index is 2.23. The molecular formula is C12H19N5O. The highest BCUT2D eigenvalue weighted by Crippen LogP contribution is 2.28. The van der Waals surface area contributed by atoms with Crippen LogP contribution in [0.15, 0.2) is 18.3 Å². The number of nitrogens with zero attached hydrogens (tertiary/aromatic N) is 2. The van der Waals surface area contributed by atoms with Crippen LogP contribution in [0.4, 0.5) is 11.5 Å². The molecule has 5 N–H and O–H groups in total. The van der Waals surface area contributed by atoms with Gasteiger partial charge in [-0.15, -0.1) is 0 Å². The molecule has 6 nitrogen and oxygen atoms in total. The zero-order valence-electron chi connectivity index (χ0n) is 10.3. The van der Waals surface area contributed by atoms with Crippen molar-refractivity contribution < 1.29 is 4.79 Å². The zero-order chi connectivity index (χ0) is 13.0. The number of carbonyl (C=O) groups excluding carboxylic acids is 1. The third-order valence-electron chi connectivity index (χ3n) is 3.31. The Morgan fingerprint density at radius 3 is 2.83 bits per heavy atom. The van der Waals surface area contributed by atoms with Crippen LogP contribution in [0.25, 0.3) is 0 Å². The predicted molar refractivity (Wildman–Crippen MR) is 70.8 cm³/mol. The van der Waals surface area contributed by atoms with E-state index in [-0.39, 0.29) is 12.5 Å². The number of anilines is 2. The van der Waals surface area contributed by atoms with Crippen LogP contribution in [0.3, 0.4) is 0 Å². The number of pyridine rings is 1. The molecule has 2 rings (SSSR count). The molecule has 1 aliphatic rings. The van der Waals surface area contributed by atoms with Crippen molar-refractivity contribution in [2.75, 3.05) is 16.9 Å². The summed E-state index contributed by atoms with van der Waals surface area (Å²) in [6, 6.07) is 4.09. The quantitative estimate of drug-likeness (QED) is 0.524. The van der Waals surface area contributed by atoms with Gasteiger partial charge in [-0.2, -0.15) is 0 Å². The van der Waals surface area contributed by atoms with E-state index in [0.717, 1.165) is 18.5 Å². The Labute approximate surface area is 106 Å². The third kappa shape index (κ3) is 2.89. The Morgan fingerprint density at radius 1 is 1.50 bits per heavy atom. The first-order valence-electron chi connectivity index (χ1n) is 6.18. The molecule has 0 bridgehead atoms. The fourth-order valence-electron chi connectivity index (χ4n) is 2.49. The zero-order valence-corrected chi connectivity index (χ0v) is 10.3. The molecule has 18 heavy (non-hydrogen) atoms. The van der Waals surface area contributed by atoms with Crippen LogP contribution in [-0.2, 0) is 4.79 Å². The van der Waals surface area contributed by atoms with Gasteiger partial charge in [-0.1, -0.05) is 12.8 Å². The molecule has 0 aromatic carbocycles. The van der Waals surface area contributed by atoms with Gasteiger partial charge in [0.1, 0.15) is 5.82 Å². The fraction of sp³-hybridized carbons (Fsp3) is 0.500. The van der Waals surface area contributed by atoms with E-state index in [0.29, 0.717) is 11.9 Å². The molecule has 1 aliphatic carbocycles. The summed E-state index contributed by atoms with van der Waals surface area (Å²) in [5.41, 5.74) is 8.78. The molecule has 6 heteroatoms. The summed E-state index contributed by atoms with van der Waals surface area (Å²) in [6.07, 6.45) is 6.27. The van der Waals surface area contributed by atoms with Gasteiger partial charge in [0.15, 0.2) is 0 Å². The van der Waals surface area contributed by atoms with Gasteiger partial charge in [0.2, 0.25) is 5.91 Å². The Hall–Kier alpha value is -1.82. The highest BCUT2D eigenvalue weighted by Gasteiger charge is 2.24. The van der Waals surface area contributed by atoms with Crippen molar-refractivity contribution in [3.05, 3.63) is 18.3 Å². The van der Waals surface area contributed by atoms with Crippen molar-refractivity contribution >= 4 is 17.4 Å². The summed E-state index contributed by atoms with van der Waals surface area (Å²) < 4.78 is 0. The molecule has 0 aliphatic heterocycles. The molecular weight excluding hydrogens is 230 g/mol. The summed E-state index contributed by atoms with van der Waals surface area (Å²) in [6.45, 7) is 0.235. The van der Waals surface area contributed by atoms with Gasteiger partial charge in [0, 0.05) is 24.0 Å². The van der Waals surface area contributed by atoms with Crippen LogP contribution in [0.1, 0.15) is 25.7 Å². The summed E-state index contributed by atoms with van der Waals surface area (Å²) in [5.74, 6) is 5.62. The number of nitrogens with one attached hydrogen (secondary N) is 1. The number of rotatable bonds is 5. The van der Waals surface area contributed by atoms with Crippen LogP contribution in [0.2, 0.25) is 0 Å². The van der Waals surface area contributed by atoms with Crippen molar-refractivity contribution in [2.24, 2.45) is 11.6 Å². The summed E-state index contributed by atoms with van der Waals surface area (Å²) in [4.78, 5) is 17.3. The van der Waals surface area contributed by atoms with E-state index in [4.69, 9.17) is 11.6 Å². The summed E-state index contributed by atoms with van der Waals surface area (Å²) in [5, 5.41) is 0. The van der Waals surface area contributed by atoms with Gasteiger partial charge in [0.05, 0.1) is 6.54 Å². The standard InChI is InChI=1S/C12H19N5O/c13-11(18)8-17(9-3-1-2-4-9)10-5-6-15-12(7-10)16-14/h5-7,9H,1-4,8,14H2,(H2,13,18)(H,15,16). The lowest BCUT2D eigenvalue weighted by Gasteiger charge is -2.30. The van der Waals surface area contributed by atoms with Gasteiger partial charge in [-0.3, -0.25) is 4.79 Å². The first-order valence-corrected chi connectivity index (χ1v) is 6.18. The molecule has 0 unspecified atom stereocenters. The maximum Gasteiger partial charge on any atom is 0.236 e. The van der Waals surface area contributed by atoms with E-state index in [1.165, 1.54) is 12.8 Å². The van der Waals surface area contributed by atoms with Crippen LogP contribution in [0, 0.1) is 0 Å². The van der Waals surface area contributed by atoms with Crippen molar-refractivity contribution in [3.8, 4) is 0 Å². The number of hydrogen-bond acceptors (Lipinski definition) is 5. The SMILES string of the molecule is NNc1cc(N(CC(N)=O)C2CCCC2)ccn1. The normalized spacial score (nSPS) is 15.6. The van der Waals surface area contributed by atoms with Gasteiger partial charge in [-0.05, 0) is 18.9 Å². The van der Waals surface area contributed by atoms with E-state index < -0.39 is 0 Å². The van der Waals surface area contributed by atoms with Crippen molar-refractivity contribution in [1.29, 1.82) is 0 Å². The second kappa shape index (κ2) is 5.68. The number of nitrogen functional groups attached to an aromatic ring is 1. The maximum absolute atomic E-state index is 11.2. The van der Waals surface area contributed by atoms with Crippen LogP contribution in [0.5, 0.6) is 0 Å². The lowest BCUT2D eigenvalue weighted by atomic mass is 10.2. The number of hydrogen-bond donors (Lipinski definition) is 3. The average Bonchev–Trinajstić information content (AvgIpc) is 2.89. The minimum Gasteiger partial charge on any atom is -0.368 e. The van der Waals surface area contributed by atoms with Crippen molar-refractivity contribution in [1.82, 2.24) is 4.98 Å². The van der Waals surface area contributed by atoms with Crippen LogP contribution >= 0.6 is 0 Å². The molecule has 1 amide bonds. The van der Waals surface area contributed by atoms with Gasteiger partial charge in [0.25, 0.3) is 0 Å². The maximum atomic E-state index is 11.2. The first-order chi connectivity index (χ1) is 8.70. The minimum absolute atomic E-state index is 0.235. The van der Waals surface area contributed by atoms with E-state index in [9.17, 15) is 4.79 Å². The largest absolute Gasteiger partial charge is 0.368 e. The van der Waals surface area contributed by atoms with Crippen molar-refractivity contribution in [3.63, 3.8) is 0 Å². The van der Waals surface area contributed by atoms with E-state index in [1.807, 2.05) is 12.1 Å². The van der Waals surface area contributed by atoms with Crippen LogP contribution in [-0.4, -0.2) is 23.5 Å². The topological polar surface area (TPSA) is 97.3 Å². The smallest absolute Gasteiger partial charge is 0.236 e. The summed E-state index contributed by atoms with van der Waals surface area (Å²) in [7, 11) is 0. The number of aromatic nitrogens is 1. The van der Waals surface area contributed by atoms with E-state index in [1.54, 1.807) is 6.20 Å². The number of amides is 1. The molecule has 1 fully saturated rings. The van der Waals surface area contributed by atoms with E-state index in [2.05, 4.69) is 15.3 Å². The average molecular weight is 249 g/mol. The molecule has 0 saturated heterocycles. The molecule has 1 saturated carbocycles. The molecule has 0 radical (unpaired) electrons. The van der Waals surface area contributed by atoms with Gasteiger partial charge in [-0.25, -0.2) is 10.8 Å².